The third-order valence-corrected chi connectivity index (χ3v) is 2.67. The maximum atomic E-state index is 11.0. The lowest BCUT2D eigenvalue weighted by molar-refractivity contribution is -0.144. The fourth-order valence-electron chi connectivity index (χ4n) is 1.93. The number of carbonyl (C=O) groups is 1. The molecule has 3 nitrogen and oxygen atoms in total. The van der Waals surface area contributed by atoms with Gasteiger partial charge in [0.05, 0.1) is 12.5 Å². The van der Waals surface area contributed by atoms with Gasteiger partial charge in [-0.2, -0.15) is 0 Å². The minimum absolute atomic E-state index is 0.00287. The Hall–Kier alpha value is -0.830. The summed E-state index contributed by atoms with van der Waals surface area (Å²) in [7, 11) is 0. The zero-order chi connectivity index (χ0) is 9.42. The van der Waals surface area contributed by atoms with Crippen molar-refractivity contribution in [1.29, 1.82) is 0 Å². The molecule has 0 unspecified atom stereocenters. The molecule has 3 heteroatoms. The van der Waals surface area contributed by atoms with Gasteiger partial charge < -0.3 is 9.47 Å². The van der Waals surface area contributed by atoms with Crippen LogP contribution in [0.5, 0.6) is 0 Å². The number of hydrogen-bond acceptors (Lipinski definition) is 3. The molecular formula is C10H14O3. The van der Waals surface area contributed by atoms with E-state index in [1.54, 1.807) is 0 Å². The monoisotopic (exact) mass is 182 g/mol. The number of esters is 1. The third kappa shape index (κ3) is 1.61. The van der Waals surface area contributed by atoms with Crippen molar-refractivity contribution in [2.45, 2.75) is 44.5 Å². The Morgan fingerprint density at radius 3 is 2.92 bits per heavy atom. The Morgan fingerprint density at radius 2 is 2.23 bits per heavy atom. The molecule has 0 aliphatic carbocycles. The van der Waals surface area contributed by atoms with Gasteiger partial charge in [0.1, 0.15) is 12.2 Å². The number of hydrogen-bond donors (Lipinski definition) is 0. The van der Waals surface area contributed by atoms with Crippen LogP contribution in [0.3, 0.4) is 0 Å². The third-order valence-electron chi connectivity index (χ3n) is 2.67. The van der Waals surface area contributed by atoms with Gasteiger partial charge in [-0.3, -0.25) is 4.79 Å². The lowest BCUT2D eigenvalue weighted by atomic mass is 9.98. The summed E-state index contributed by atoms with van der Waals surface area (Å²) in [5.74, 6) is -0.127. The van der Waals surface area contributed by atoms with Crippen LogP contribution in [0.15, 0.2) is 12.2 Å². The van der Waals surface area contributed by atoms with Crippen LogP contribution in [0, 0.1) is 0 Å². The van der Waals surface area contributed by atoms with Gasteiger partial charge in [0.25, 0.3) is 0 Å². The highest BCUT2D eigenvalue weighted by molar-refractivity contribution is 5.72. The Morgan fingerprint density at radius 1 is 1.46 bits per heavy atom. The van der Waals surface area contributed by atoms with E-state index in [2.05, 4.69) is 6.58 Å². The number of rotatable bonds is 1. The smallest absolute Gasteiger partial charge is 0.308 e. The first-order valence-corrected chi connectivity index (χ1v) is 4.67. The predicted octanol–water partition coefficient (Wildman–Crippen LogP) is 1.43. The van der Waals surface area contributed by atoms with Crippen LogP contribution in [-0.2, 0) is 14.3 Å². The standard InChI is InChI=1S/C10H14O3/c1-6(2)7-3-4-8-9(12-7)5-10(11)13-8/h7-9H,1,3-5H2,2H3/t7-,8-,9-/m1/s1. The maximum Gasteiger partial charge on any atom is 0.308 e. The first-order valence-electron chi connectivity index (χ1n) is 4.67. The first-order chi connectivity index (χ1) is 6.16. The fraction of sp³-hybridized carbons (Fsp3) is 0.700. The summed E-state index contributed by atoms with van der Waals surface area (Å²) in [6, 6.07) is 0. The molecule has 13 heavy (non-hydrogen) atoms. The van der Waals surface area contributed by atoms with Gasteiger partial charge in [-0.15, -0.1) is 0 Å². The SMILES string of the molecule is C=C(C)[C@H]1CC[C@H]2OC(=O)C[C@H]2O1. The van der Waals surface area contributed by atoms with Crippen LogP contribution < -0.4 is 0 Å². The molecule has 0 saturated carbocycles. The topological polar surface area (TPSA) is 35.5 Å². The number of fused-ring (bicyclic) bond motifs is 1. The molecule has 0 aromatic carbocycles. The molecule has 0 spiro atoms. The molecule has 2 heterocycles. The molecule has 0 aromatic heterocycles. The molecule has 2 aliphatic heterocycles. The Bertz CT molecular complexity index is 247. The zero-order valence-electron chi connectivity index (χ0n) is 7.79. The normalized spacial score (nSPS) is 38.2. The predicted molar refractivity (Wildman–Crippen MR) is 47.2 cm³/mol. The second kappa shape index (κ2) is 3.14. The highest BCUT2D eigenvalue weighted by Crippen LogP contribution is 2.31. The van der Waals surface area contributed by atoms with Crippen molar-refractivity contribution < 1.29 is 14.3 Å². The summed E-state index contributed by atoms with van der Waals surface area (Å²) in [6.45, 7) is 5.82. The lowest BCUT2D eigenvalue weighted by Crippen LogP contribution is -2.36. The van der Waals surface area contributed by atoms with Crippen LogP contribution in [-0.4, -0.2) is 24.3 Å². The molecule has 0 amide bonds. The molecule has 0 aromatic rings. The summed E-state index contributed by atoms with van der Waals surface area (Å²) < 4.78 is 10.8. The summed E-state index contributed by atoms with van der Waals surface area (Å²) in [6.07, 6.45) is 2.34. The van der Waals surface area contributed by atoms with Gasteiger partial charge in [0, 0.05) is 0 Å². The van der Waals surface area contributed by atoms with E-state index < -0.39 is 0 Å². The second-order valence-electron chi connectivity index (χ2n) is 3.82. The molecule has 0 radical (unpaired) electrons. The van der Waals surface area contributed by atoms with E-state index in [1.165, 1.54) is 0 Å². The highest BCUT2D eigenvalue weighted by Gasteiger charge is 2.40. The Labute approximate surface area is 77.7 Å². The van der Waals surface area contributed by atoms with E-state index in [1.807, 2.05) is 6.92 Å². The fourth-order valence-corrected chi connectivity index (χ4v) is 1.93. The highest BCUT2D eigenvalue weighted by atomic mass is 16.6. The van der Waals surface area contributed by atoms with Crippen LogP contribution in [0.2, 0.25) is 0 Å². The van der Waals surface area contributed by atoms with Gasteiger partial charge >= 0.3 is 5.97 Å². The second-order valence-corrected chi connectivity index (χ2v) is 3.82. The van der Waals surface area contributed by atoms with Crippen LogP contribution in [0.25, 0.3) is 0 Å². The largest absolute Gasteiger partial charge is 0.459 e. The molecule has 0 N–H and O–H groups in total. The van der Waals surface area contributed by atoms with Crippen molar-refractivity contribution in [2.75, 3.05) is 0 Å². The first kappa shape index (κ1) is 8.75. The maximum absolute atomic E-state index is 11.0. The van der Waals surface area contributed by atoms with Crippen molar-refractivity contribution in [3.8, 4) is 0 Å². The zero-order valence-corrected chi connectivity index (χ0v) is 7.79. The van der Waals surface area contributed by atoms with Gasteiger partial charge in [-0.25, -0.2) is 0 Å². The lowest BCUT2D eigenvalue weighted by Gasteiger charge is -2.30. The van der Waals surface area contributed by atoms with Crippen molar-refractivity contribution in [1.82, 2.24) is 0 Å². The molecular weight excluding hydrogens is 168 g/mol. The summed E-state index contributed by atoms with van der Waals surface area (Å²) in [5.41, 5.74) is 1.04. The Kier molecular flexibility index (Phi) is 2.12. The molecule has 72 valence electrons. The van der Waals surface area contributed by atoms with E-state index in [9.17, 15) is 4.79 Å². The molecule has 3 atom stereocenters. The Balaban J connectivity index is 2.01. The van der Waals surface area contributed by atoms with Crippen LogP contribution in [0.4, 0.5) is 0 Å². The number of carbonyl (C=O) groups excluding carboxylic acids is 1. The summed E-state index contributed by atoms with van der Waals surface area (Å²) >= 11 is 0. The van der Waals surface area contributed by atoms with Crippen molar-refractivity contribution in [3.63, 3.8) is 0 Å². The van der Waals surface area contributed by atoms with Gasteiger partial charge in [0.2, 0.25) is 0 Å². The molecule has 0 bridgehead atoms. The van der Waals surface area contributed by atoms with E-state index in [4.69, 9.17) is 9.47 Å². The molecule has 2 rings (SSSR count). The van der Waals surface area contributed by atoms with Gasteiger partial charge in [0.15, 0.2) is 0 Å². The molecule has 2 saturated heterocycles. The molecule has 2 fully saturated rings. The van der Waals surface area contributed by atoms with E-state index in [-0.39, 0.29) is 24.3 Å². The van der Waals surface area contributed by atoms with E-state index in [0.29, 0.717) is 6.42 Å². The van der Waals surface area contributed by atoms with Crippen molar-refractivity contribution in [2.24, 2.45) is 0 Å². The van der Waals surface area contributed by atoms with E-state index in [0.717, 1.165) is 18.4 Å². The molecule has 2 aliphatic rings. The minimum atomic E-state index is -0.127. The van der Waals surface area contributed by atoms with Crippen LogP contribution in [0.1, 0.15) is 26.2 Å². The number of ether oxygens (including phenoxy) is 2. The quantitative estimate of drug-likeness (QED) is 0.454. The van der Waals surface area contributed by atoms with Crippen molar-refractivity contribution >= 4 is 5.97 Å². The van der Waals surface area contributed by atoms with Gasteiger partial charge in [-0.05, 0) is 19.8 Å². The minimum Gasteiger partial charge on any atom is -0.459 e. The van der Waals surface area contributed by atoms with Gasteiger partial charge in [-0.1, -0.05) is 12.2 Å². The van der Waals surface area contributed by atoms with Crippen LogP contribution >= 0.6 is 0 Å². The van der Waals surface area contributed by atoms with E-state index >= 15 is 0 Å². The summed E-state index contributed by atoms with van der Waals surface area (Å²) in [5, 5.41) is 0. The summed E-state index contributed by atoms with van der Waals surface area (Å²) in [4.78, 5) is 11.0. The average Bonchev–Trinajstić information content (AvgIpc) is 2.42. The average molecular weight is 182 g/mol. The van der Waals surface area contributed by atoms with Crippen molar-refractivity contribution in [3.05, 3.63) is 12.2 Å².